The van der Waals surface area contributed by atoms with Crippen LogP contribution in [0.5, 0.6) is 0 Å². The lowest BCUT2D eigenvalue weighted by Crippen LogP contribution is -1.62. The van der Waals surface area contributed by atoms with Crippen LogP contribution in [0.4, 0.5) is 0 Å². The molecule has 62 valence electrons. The zero-order chi connectivity index (χ0) is 8.53. The average molecular weight is 170 g/mol. The monoisotopic (exact) mass is 170 g/mol. The Labute approximate surface area is 72.4 Å². The highest BCUT2D eigenvalue weighted by atomic mass is 32.2. The first-order valence-electron chi connectivity index (χ1n) is 3.55. The van der Waals surface area contributed by atoms with Crippen molar-refractivity contribution in [2.24, 2.45) is 0 Å². The van der Waals surface area contributed by atoms with Crippen LogP contribution in [-0.2, 0) is 0 Å². The molecule has 1 aromatic carbocycles. The van der Waals surface area contributed by atoms with E-state index in [1.165, 1.54) is 4.90 Å². The summed E-state index contributed by atoms with van der Waals surface area (Å²) in [5, 5.41) is 7.57. The maximum atomic E-state index is 7.57. The minimum atomic E-state index is 0.250. The number of aliphatic hydroxyl groups excluding tert-OH is 1. The van der Waals surface area contributed by atoms with Crippen molar-refractivity contribution in [3.63, 3.8) is 0 Å². The van der Waals surface area contributed by atoms with Gasteiger partial charge in [0.1, 0.15) is 0 Å². The number of aliphatic hydroxyl groups is 1. The molecule has 1 rings (SSSR count). The second-order valence-electron chi connectivity index (χ2n) is 1.83. The van der Waals surface area contributed by atoms with Gasteiger partial charge >= 0.3 is 0 Å². The van der Waals surface area contributed by atoms with E-state index >= 15 is 0 Å². The number of thioether (sulfide) groups is 1. The van der Waals surface area contributed by atoms with Gasteiger partial charge in [0.15, 0.2) is 0 Å². The molecule has 1 N–H and O–H groups in total. The van der Waals surface area contributed by atoms with Gasteiger partial charge in [-0.15, -0.1) is 11.8 Å². The molecule has 0 bridgehead atoms. The van der Waals surface area contributed by atoms with Gasteiger partial charge < -0.3 is 5.11 Å². The third kappa shape index (κ3) is 5.95. The number of hydrogen-bond acceptors (Lipinski definition) is 2. The van der Waals surface area contributed by atoms with Crippen LogP contribution >= 0.6 is 11.8 Å². The van der Waals surface area contributed by atoms with Gasteiger partial charge in [-0.05, 0) is 25.3 Å². The highest BCUT2D eigenvalue weighted by Gasteiger charge is 1.80. The summed E-state index contributed by atoms with van der Waals surface area (Å²) in [6, 6.07) is 10.3. The van der Waals surface area contributed by atoms with Gasteiger partial charge in [-0.1, -0.05) is 18.2 Å². The predicted octanol–water partition coefficient (Wildman–Crippen LogP) is 2.41. The molecule has 1 nitrogen and oxygen atoms in total. The van der Waals surface area contributed by atoms with Gasteiger partial charge in [-0.25, -0.2) is 0 Å². The fourth-order valence-corrected chi connectivity index (χ4v) is 0.986. The van der Waals surface area contributed by atoms with Crippen molar-refractivity contribution in [3.05, 3.63) is 30.3 Å². The van der Waals surface area contributed by atoms with Crippen LogP contribution in [0.2, 0.25) is 0 Å². The Morgan fingerprint density at radius 1 is 1.27 bits per heavy atom. The van der Waals surface area contributed by atoms with Crippen LogP contribution in [0.15, 0.2) is 35.2 Å². The lowest BCUT2D eigenvalue weighted by molar-refractivity contribution is 0.318. The molecule has 0 saturated heterocycles. The SMILES string of the molecule is CCO.CSc1ccccc1. The second-order valence-corrected chi connectivity index (χ2v) is 2.71. The molecule has 0 heterocycles. The first kappa shape index (κ1) is 10.5. The van der Waals surface area contributed by atoms with E-state index < -0.39 is 0 Å². The average Bonchev–Trinajstić information content (AvgIpc) is 2.08. The Kier molecular flexibility index (Phi) is 7.31. The molecular formula is C9H14OS. The molecule has 0 aliphatic carbocycles. The molecule has 0 aliphatic rings. The predicted molar refractivity (Wildman–Crippen MR) is 51.0 cm³/mol. The summed E-state index contributed by atoms with van der Waals surface area (Å²) >= 11 is 1.77. The number of benzene rings is 1. The zero-order valence-electron chi connectivity index (χ0n) is 6.95. The fraction of sp³-hybridized carbons (Fsp3) is 0.333. The molecule has 2 heteroatoms. The van der Waals surface area contributed by atoms with Crippen molar-refractivity contribution in [1.29, 1.82) is 0 Å². The highest BCUT2D eigenvalue weighted by Crippen LogP contribution is 2.11. The van der Waals surface area contributed by atoms with Crippen molar-refractivity contribution in [1.82, 2.24) is 0 Å². The van der Waals surface area contributed by atoms with Gasteiger partial charge in [-0.2, -0.15) is 0 Å². The van der Waals surface area contributed by atoms with E-state index in [1.54, 1.807) is 18.7 Å². The van der Waals surface area contributed by atoms with Crippen LogP contribution in [0, 0.1) is 0 Å². The summed E-state index contributed by atoms with van der Waals surface area (Å²) in [7, 11) is 0. The third-order valence-electron chi connectivity index (χ3n) is 0.979. The standard InChI is InChI=1S/C7H8S.C2H6O/c1-8-7-5-3-2-4-6-7;1-2-3/h2-6H,1H3;3H,2H2,1H3. The van der Waals surface area contributed by atoms with Crippen molar-refractivity contribution < 1.29 is 5.11 Å². The molecule has 0 aromatic heterocycles. The van der Waals surface area contributed by atoms with Gasteiger partial charge in [0, 0.05) is 11.5 Å². The quantitative estimate of drug-likeness (QED) is 0.653. The normalized spacial score (nSPS) is 8.27. The number of hydrogen-bond donors (Lipinski definition) is 1. The molecule has 0 saturated carbocycles. The Morgan fingerprint density at radius 3 is 2.00 bits per heavy atom. The molecule has 0 aliphatic heterocycles. The van der Waals surface area contributed by atoms with E-state index in [-0.39, 0.29) is 6.61 Å². The van der Waals surface area contributed by atoms with E-state index in [4.69, 9.17) is 5.11 Å². The molecule has 0 atom stereocenters. The first-order chi connectivity index (χ1) is 5.35. The van der Waals surface area contributed by atoms with E-state index in [1.807, 2.05) is 18.2 Å². The molecule has 0 spiro atoms. The van der Waals surface area contributed by atoms with E-state index in [9.17, 15) is 0 Å². The fourth-order valence-electron chi connectivity index (χ4n) is 0.557. The van der Waals surface area contributed by atoms with Gasteiger partial charge in [0.2, 0.25) is 0 Å². The van der Waals surface area contributed by atoms with Crippen molar-refractivity contribution in [2.75, 3.05) is 12.9 Å². The van der Waals surface area contributed by atoms with E-state index in [0.717, 1.165) is 0 Å². The van der Waals surface area contributed by atoms with Gasteiger partial charge in [0.25, 0.3) is 0 Å². The van der Waals surface area contributed by atoms with Crippen LogP contribution in [0.25, 0.3) is 0 Å². The molecule has 1 aromatic rings. The minimum Gasteiger partial charge on any atom is -0.397 e. The molecule has 0 unspecified atom stereocenters. The van der Waals surface area contributed by atoms with Crippen LogP contribution in [0.1, 0.15) is 6.92 Å². The van der Waals surface area contributed by atoms with Crippen molar-refractivity contribution in [3.8, 4) is 0 Å². The summed E-state index contributed by atoms with van der Waals surface area (Å²) in [5.74, 6) is 0. The van der Waals surface area contributed by atoms with Gasteiger partial charge in [0.05, 0.1) is 0 Å². The molecule has 11 heavy (non-hydrogen) atoms. The second kappa shape index (κ2) is 7.63. The minimum absolute atomic E-state index is 0.250. The molecule has 0 fully saturated rings. The molecule has 0 amide bonds. The van der Waals surface area contributed by atoms with Gasteiger partial charge in [-0.3, -0.25) is 0 Å². The Bertz CT molecular complexity index is 162. The Morgan fingerprint density at radius 2 is 1.73 bits per heavy atom. The van der Waals surface area contributed by atoms with E-state index in [2.05, 4.69) is 18.4 Å². The molecular weight excluding hydrogens is 156 g/mol. The van der Waals surface area contributed by atoms with Crippen LogP contribution < -0.4 is 0 Å². The summed E-state index contributed by atoms with van der Waals surface area (Å²) < 4.78 is 0. The van der Waals surface area contributed by atoms with Crippen molar-refractivity contribution >= 4 is 11.8 Å². The van der Waals surface area contributed by atoms with Crippen molar-refractivity contribution in [2.45, 2.75) is 11.8 Å². The summed E-state index contributed by atoms with van der Waals surface area (Å²) in [6.07, 6.45) is 2.08. The number of rotatable bonds is 1. The smallest absolute Gasteiger partial charge is 0.0402 e. The maximum absolute atomic E-state index is 7.57. The summed E-state index contributed by atoms with van der Waals surface area (Å²) in [6.45, 7) is 1.93. The maximum Gasteiger partial charge on any atom is 0.0402 e. The van der Waals surface area contributed by atoms with E-state index in [0.29, 0.717) is 0 Å². The highest BCUT2D eigenvalue weighted by molar-refractivity contribution is 7.98. The molecule has 0 radical (unpaired) electrons. The van der Waals surface area contributed by atoms with Crippen LogP contribution in [-0.4, -0.2) is 18.0 Å². The lowest BCUT2D eigenvalue weighted by atomic mass is 10.4. The van der Waals surface area contributed by atoms with Crippen LogP contribution in [0.3, 0.4) is 0 Å². The Hall–Kier alpha value is -0.470. The topological polar surface area (TPSA) is 20.2 Å². The zero-order valence-corrected chi connectivity index (χ0v) is 7.77. The largest absolute Gasteiger partial charge is 0.397 e. The Balaban J connectivity index is 0.000000292. The summed E-state index contributed by atoms with van der Waals surface area (Å²) in [4.78, 5) is 1.33. The first-order valence-corrected chi connectivity index (χ1v) is 4.77. The summed E-state index contributed by atoms with van der Waals surface area (Å²) in [5.41, 5.74) is 0. The lowest BCUT2D eigenvalue weighted by Gasteiger charge is -1.89. The third-order valence-corrected chi connectivity index (χ3v) is 1.72.